The van der Waals surface area contributed by atoms with Crippen LogP contribution in [0.15, 0.2) is 60.8 Å². The Labute approximate surface area is 134 Å². The second kappa shape index (κ2) is 4.56. The molecule has 0 saturated heterocycles. The molecule has 0 saturated carbocycles. The molecule has 0 bridgehead atoms. The molecule has 0 radical (unpaired) electrons. The number of hydrogen-bond acceptors (Lipinski definition) is 2. The van der Waals surface area contributed by atoms with Crippen molar-refractivity contribution in [3.63, 3.8) is 0 Å². The molecule has 2 heteroatoms. The van der Waals surface area contributed by atoms with E-state index in [0.29, 0.717) is 0 Å². The van der Waals surface area contributed by atoms with Crippen LogP contribution >= 0.6 is 0 Å². The number of aromatic nitrogens is 1. The molecule has 110 valence electrons. The van der Waals surface area contributed by atoms with E-state index in [2.05, 4.69) is 54.6 Å². The van der Waals surface area contributed by atoms with Crippen LogP contribution in [-0.2, 0) is 6.42 Å². The van der Waals surface area contributed by atoms with E-state index in [1.54, 1.807) is 7.11 Å². The highest BCUT2D eigenvalue weighted by Crippen LogP contribution is 2.47. The van der Waals surface area contributed by atoms with Crippen molar-refractivity contribution < 1.29 is 4.74 Å². The first-order chi connectivity index (χ1) is 11.4. The van der Waals surface area contributed by atoms with E-state index in [4.69, 9.17) is 9.72 Å². The smallest absolute Gasteiger partial charge is 0.136 e. The molecule has 0 unspecified atom stereocenters. The fourth-order valence-electron chi connectivity index (χ4n) is 3.79. The molecule has 1 heterocycles. The molecule has 0 spiro atoms. The van der Waals surface area contributed by atoms with Crippen LogP contribution in [0.4, 0.5) is 0 Å². The molecule has 2 nitrogen and oxygen atoms in total. The molecule has 0 atom stereocenters. The van der Waals surface area contributed by atoms with Gasteiger partial charge in [-0.05, 0) is 28.0 Å². The first-order valence-electron chi connectivity index (χ1n) is 7.82. The summed E-state index contributed by atoms with van der Waals surface area (Å²) in [5.41, 5.74) is 4.85. The number of ether oxygens (including phenoxy) is 1. The maximum Gasteiger partial charge on any atom is 0.136 e. The number of nitrogens with zero attached hydrogens (tertiary/aromatic N) is 1. The predicted molar refractivity (Wildman–Crippen MR) is 94.0 cm³/mol. The molecule has 0 amide bonds. The van der Waals surface area contributed by atoms with Gasteiger partial charge in [0, 0.05) is 29.0 Å². The van der Waals surface area contributed by atoms with E-state index in [-0.39, 0.29) is 0 Å². The Morgan fingerprint density at radius 1 is 0.913 bits per heavy atom. The van der Waals surface area contributed by atoms with Gasteiger partial charge in [-0.15, -0.1) is 0 Å². The number of benzene rings is 3. The summed E-state index contributed by atoms with van der Waals surface area (Å²) >= 11 is 0. The minimum atomic E-state index is 0.917. The van der Waals surface area contributed by atoms with E-state index < -0.39 is 0 Å². The zero-order chi connectivity index (χ0) is 15.4. The van der Waals surface area contributed by atoms with Gasteiger partial charge in [-0.2, -0.15) is 0 Å². The Bertz CT molecular complexity index is 1080. The lowest BCUT2D eigenvalue weighted by Gasteiger charge is -2.12. The highest BCUT2D eigenvalue weighted by molar-refractivity contribution is 6.01. The minimum absolute atomic E-state index is 0.917. The SMILES string of the molecule is COc1c2c(cc3ccccc13)Cc1c-2ncc2ccccc12. The summed E-state index contributed by atoms with van der Waals surface area (Å²) < 4.78 is 5.80. The second-order valence-electron chi connectivity index (χ2n) is 6.01. The van der Waals surface area contributed by atoms with E-state index in [0.717, 1.165) is 28.8 Å². The molecule has 1 aliphatic carbocycles. The van der Waals surface area contributed by atoms with Gasteiger partial charge in [0.2, 0.25) is 0 Å². The van der Waals surface area contributed by atoms with Crippen molar-refractivity contribution in [2.45, 2.75) is 6.42 Å². The molecule has 1 aliphatic rings. The largest absolute Gasteiger partial charge is 0.495 e. The first kappa shape index (κ1) is 12.7. The number of hydrogen-bond donors (Lipinski definition) is 0. The molecular weight excluding hydrogens is 282 g/mol. The predicted octanol–water partition coefficient (Wildman–Crippen LogP) is 4.97. The van der Waals surface area contributed by atoms with Gasteiger partial charge in [-0.25, -0.2) is 0 Å². The normalized spacial score (nSPS) is 12.4. The van der Waals surface area contributed by atoms with E-state index >= 15 is 0 Å². The van der Waals surface area contributed by atoms with Gasteiger partial charge in [0.15, 0.2) is 0 Å². The van der Waals surface area contributed by atoms with Crippen molar-refractivity contribution in [1.29, 1.82) is 0 Å². The van der Waals surface area contributed by atoms with E-state index in [1.807, 2.05) is 6.20 Å². The summed E-state index contributed by atoms with van der Waals surface area (Å²) in [5.74, 6) is 0.944. The molecule has 23 heavy (non-hydrogen) atoms. The van der Waals surface area contributed by atoms with Crippen molar-refractivity contribution in [3.8, 4) is 17.0 Å². The molecule has 0 fully saturated rings. The van der Waals surface area contributed by atoms with Gasteiger partial charge in [-0.1, -0.05) is 48.5 Å². The van der Waals surface area contributed by atoms with Crippen LogP contribution in [0.3, 0.4) is 0 Å². The molecule has 0 aliphatic heterocycles. The van der Waals surface area contributed by atoms with Gasteiger partial charge < -0.3 is 4.74 Å². The number of methoxy groups -OCH3 is 1. The van der Waals surface area contributed by atoms with Crippen molar-refractivity contribution in [2.75, 3.05) is 7.11 Å². The first-order valence-corrected chi connectivity index (χ1v) is 7.82. The van der Waals surface area contributed by atoms with Crippen LogP contribution in [0.25, 0.3) is 32.8 Å². The van der Waals surface area contributed by atoms with Crippen LogP contribution in [-0.4, -0.2) is 12.1 Å². The lowest BCUT2D eigenvalue weighted by Crippen LogP contribution is -1.92. The summed E-state index contributed by atoms with van der Waals surface area (Å²) in [6.45, 7) is 0. The number of pyridine rings is 1. The highest BCUT2D eigenvalue weighted by atomic mass is 16.5. The van der Waals surface area contributed by atoms with Crippen LogP contribution < -0.4 is 4.74 Å². The Morgan fingerprint density at radius 2 is 1.65 bits per heavy atom. The quantitative estimate of drug-likeness (QED) is 0.436. The van der Waals surface area contributed by atoms with E-state index in [9.17, 15) is 0 Å². The third kappa shape index (κ3) is 1.66. The third-order valence-corrected chi connectivity index (χ3v) is 4.80. The summed E-state index contributed by atoms with van der Waals surface area (Å²) in [7, 11) is 1.75. The summed E-state index contributed by atoms with van der Waals surface area (Å²) in [6.07, 6.45) is 2.89. The van der Waals surface area contributed by atoms with Crippen LogP contribution in [0.5, 0.6) is 5.75 Å². The van der Waals surface area contributed by atoms with E-state index in [1.165, 1.54) is 27.3 Å². The van der Waals surface area contributed by atoms with Gasteiger partial charge in [0.1, 0.15) is 5.75 Å². The number of fused-ring (bicyclic) bond motifs is 6. The summed E-state index contributed by atoms with van der Waals surface area (Å²) in [6, 6.07) is 19.1. The second-order valence-corrected chi connectivity index (χ2v) is 6.01. The van der Waals surface area contributed by atoms with Gasteiger partial charge in [0.25, 0.3) is 0 Å². The zero-order valence-corrected chi connectivity index (χ0v) is 12.8. The van der Waals surface area contributed by atoms with Crippen LogP contribution in [0.1, 0.15) is 11.1 Å². The van der Waals surface area contributed by atoms with Crippen molar-refractivity contribution in [3.05, 3.63) is 71.9 Å². The maximum absolute atomic E-state index is 5.80. The Balaban J connectivity index is 1.91. The Kier molecular flexibility index (Phi) is 2.51. The van der Waals surface area contributed by atoms with Crippen molar-refractivity contribution in [1.82, 2.24) is 4.98 Å². The lowest BCUT2D eigenvalue weighted by atomic mass is 10.0. The van der Waals surface area contributed by atoms with Gasteiger partial charge in [-0.3, -0.25) is 4.98 Å². The fourth-order valence-corrected chi connectivity index (χ4v) is 3.79. The highest BCUT2D eigenvalue weighted by Gasteiger charge is 2.26. The molecule has 5 rings (SSSR count). The fraction of sp³-hybridized carbons (Fsp3) is 0.0952. The van der Waals surface area contributed by atoms with Crippen molar-refractivity contribution in [2.24, 2.45) is 0 Å². The van der Waals surface area contributed by atoms with Crippen LogP contribution in [0.2, 0.25) is 0 Å². The van der Waals surface area contributed by atoms with Gasteiger partial charge in [0.05, 0.1) is 12.8 Å². The summed E-state index contributed by atoms with van der Waals surface area (Å²) in [5, 5.41) is 4.86. The molecule has 3 aromatic carbocycles. The minimum Gasteiger partial charge on any atom is -0.495 e. The molecular formula is C21H15NO. The zero-order valence-electron chi connectivity index (χ0n) is 12.8. The third-order valence-electron chi connectivity index (χ3n) is 4.80. The summed E-state index contributed by atoms with van der Waals surface area (Å²) in [4.78, 5) is 4.76. The van der Waals surface area contributed by atoms with Crippen LogP contribution in [0, 0.1) is 0 Å². The monoisotopic (exact) mass is 297 g/mol. The number of rotatable bonds is 1. The maximum atomic E-state index is 5.80. The lowest BCUT2D eigenvalue weighted by molar-refractivity contribution is 0.421. The standard InChI is InChI=1S/C21H15NO/c1-23-21-17-9-5-2-6-13(17)10-15-11-18-16-8-4-3-7-14(16)12-22-20(18)19(15)21/h2-10,12H,11H2,1H3. The Morgan fingerprint density at radius 3 is 2.48 bits per heavy atom. The average Bonchev–Trinajstić information content (AvgIpc) is 2.98. The average molecular weight is 297 g/mol. The van der Waals surface area contributed by atoms with Crippen molar-refractivity contribution >= 4 is 21.5 Å². The Hall–Kier alpha value is -2.87. The molecule has 4 aromatic rings. The van der Waals surface area contributed by atoms with Gasteiger partial charge >= 0.3 is 0 Å². The topological polar surface area (TPSA) is 22.1 Å². The molecule has 0 N–H and O–H groups in total. The molecule has 1 aromatic heterocycles.